The number of carbonyl (C=O) groups excluding carboxylic acids is 1. The highest BCUT2D eigenvalue weighted by atomic mass is 35.5. The molecule has 0 radical (unpaired) electrons. The van der Waals surface area contributed by atoms with Crippen LogP contribution in [0.3, 0.4) is 0 Å². The van der Waals surface area contributed by atoms with E-state index in [1.807, 2.05) is 24.3 Å². The molecule has 0 saturated carbocycles. The van der Waals surface area contributed by atoms with Crippen molar-refractivity contribution in [3.8, 4) is 11.4 Å². The van der Waals surface area contributed by atoms with Crippen LogP contribution < -0.4 is 5.32 Å². The third-order valence-corrected chi connectivity index (χ3v) is 6.04. The Hall–Kier alpha value is -2.70. The normalized spacial score (nSPS) is 17.3. The first-order valence-corrected chi connectivity index (χ1v) is 11.4. The number of hydrogen-bond acceptors (Lipinski definition) is 5. The van der Waals surface area contributed by atoms with Gasteiger partial charge in [0.1, 0.15) is 0 Å². The standard InChI is InChI=1S/C25H29ClN4O2/c1-25(2,3)19-11-9-17(10-12-19)23-28-22(32-29-23)16-30-13-5-6-18(15-30)24(31)27-21-8-4-7-20(26)14-21/h4,7-12,14,18H,5-6,13,15-16H2,1-3H3,(H,27,31). The van der Waals surface area contributed by atoms with Crippen LogP contribution in [0.25, 0.3) is 11.4 Å². The average Bonchev–Trinajstić information content (AvgIpc) is 3.22. The molecule has 1 N–H and O–H groups in total. The zero-order valence-corrected chi connectivity index (χ0v) is 19.5. The molecule has 168 valence electrons. The van der Waals surface area contributed by atoms with Gasteiger partial charge in [-0.15, -0.1) is 0 Å². The molecule has 7 heteroatoms. The SMILES string of the molecule is CC(C)(C)c1ccc(-c2noc(CN3CCCC(C(=O)Nc4cccc(Cl)c4)C3)n2)cc1. The molecule has 6 nitrogen and oxygen atoms in total. The number of rotatable bonds is 5. The van der Waals surface area contributed by atoms with E-state index in [1.165, 1.54) is 5.56 Å². The Morgan fingerprint density at radius 3 is 2.72 bits per heavy atom. The third-order valence-electron chi connectivity index (χ3n) is 5.80. The van der Waals surface area contributed by atoms with Crippen LogP contribution in [-0.2, 0) is 16.8 Å². The molecule has 32 heavy (non-hydrogen) atoms. The second-order valence-corrected chi connectivity index (χ2v) is 9.85. The number of nitrogens with zero attached hydrogens (tertiary/aromatic N) is 3. The van der Waals surface area contributed by atoms with Crippen LogP contribution in [0.2, 0.25) is 5.02 Å². The first kappa shape index (κ1) is 22.5. The molecule has 0 aliphatic carbocycles. The Kier molecular flexibility index (Phi) is 6.63. The second-order valence-electron chi connectivity index (χ2n) is 9.41. The van der Waals surface area contributed by atoms with Crippen molar-refractivity contribution in [3.63, 3.8) is 0 Å². The number of nitrogens with one attached hydrogen (secondary N) is 1. The van der Waals surface area contributed by atoms with Crippen LogP contribution in [0.4, 0.5) is 5.69 Å². The van der Waals surface area contributed by atoms with Crippen molar-refractivity contribution in [3.05, 3.63) is 65.0 Å². The molecule has 0 spiro atoms. The van der Waals surface area contributed by atoms with Gasteiger partial charge in [0.2, 0.25) is 17.6 Å². The van der Waals surface area contributed by atoms with Crippen molar-refractivity contribution in [1.82, 2.24) is 15.0 Å². The lowest BCUT2D eigenvalue weighted by molar-refractivity contribution is -0.121. The monoisotopic (exact) mass is 452 g/mol. The van der Waals surface area contributed by atoms with Crippen molar-refractivity contribution in [2.45, 2.75) is 45.6 Å². The molecule has 1 aromatic heterocycles. The molecular formula is C25H29ClN4O2. The maximum absolute atomic E-state index is 12.7. The minimum Gasteiger partial charge on any atom is -0.338 e. The van der Waals surface area contributed by atoms with Gasteiger partial charge in [-0.2, -0.15) is 4.98 Å². The maximum atomic E-state index is 12.7. The predicted octanol–water partition coefficient (Wildman–Crippen LogP) is 5.54. The zero-order valence-electron chi connectivity index (χ0n) is 18.8. The van der Waals surface area contributed by atoms with Gasteiger partial charge in [0, 0.05) is 22.8 Å². The number of anilines is 1. The predicted molar refractivity (Wildman–Crippen MR) is 127 cm³/mol. The number of halogens is 1. The van der Waals surface area contributed by atoms with E-state index < -0.39 is 0 Å². The summed E-state index contributed by atoms with van der Waals surface area (Å²) in [6, 6.07) is 15.5. The zero-order chi connectivity index (χ0) is 22.7. The van der Waals surface area contributed by atoms with Gasteiger partial charge in [0.05, 0.1) is 12.5 Å². The van der Waals surface area contributed by atoms with Gasteiger partial charge in [0.15, 0.2) is 0 Å². The summed E-state index contributed by atoms with van der Waals surface area (Å²) >= 11 is 6.02. The Labute approximate surface area is 194 Å². The van der Waals surface area contributed by atoms with E-state index in [0.717, 1.165) is 30.6 Å². The molecule has 1 amide bonds. The first-order valence-electron chi connectivity index (χ1n) is 11.0. The van der Waals surface area contributed by atoms with Crippen molar-refractivity contribution >= 4 is 23.2 Å². The highest BCUT2D eigenvalue weighted by Gasteiger charge is 2.27. The Balaban J connectivity index is 1.36. The van der Waals surface area contributed by atoms with Gasteiger partial charge in [-0.05, 0) is 48.6 Å². The van der Waals surface area contributed by atoms with Crippen LogP contribution in [0.1, 0.15) is 45.1 Å². The van der Waals surface area contributed by atoms with Crippen molar-refractivity contribution in [2.24, 2.45) is 5.92 Å². The van der Waals surface area contributed by atoms with Crippen molar-refractivity contribution in [1.29, 1.82) is 0 Å². The molecule has 1 atom stereocenters. The van der Waals surface area contributed by atoms with E-state index in [0.29, 0.717) is 29.8 Å². The summed E-state index contributed by atoms with van der Waals surface area (Å²) in [6.07, 6.45) is 1.81. The van der Waals surface area contributed by atoms with Crippen LogP contribution in [0.15, 0.2) is 53.1 Å². The largest absolute Gasteiger partial charge is 0.338 e. The highest BCUT2D eigenvalue weighted by Crippen LogP contribution is 2.26. The lowest BCUT2D eigenvalue weighted by Crippen LogP contribution is -2.40. The molecular weight excluding hydrogens is 424 g/mol. The minimum atomic E-state index is -0.0879. The molecule has 2 heterocycles. The summed E-state index contributed by atoms with van der Waals surface area (Å²) < 4.78 is 5.51. The number of carbonyl (C=O) groups is 1. The Morgan fingerprint density at radius 2 is 2.00 bits per heavy atom. The summed E-state index contributed by atoms with van der Waals surface area (Å²) in [6.45, 7) is 8.66. The van der Waals surface area contributed by atoms with Crippen molar-refractivity contribution < 1.29 is 9.32 Å². The smallest absolute Gasteiger partial charge is 0.241 e. The van der Waals surface area contributed by atoms with Crippen LogP contribution in [0.5, 0.6) is 0 Å². The lowest BCUT2D eigenvalue weighted by atomic mass is 9.87. The molecule has 1 aliphatic rings. The molecule has 0 bridgehead atoms. The molecule has 4 rings (SSSR count). The number of amides is 1. The van der Waals surface area contributed by atoms with Crippen LogP contribution in [0, 0.1) is 5.92 Å². The molecule has 1 aliphatic heterocycles. The van der Waals surface area contributed by atoms with Gasteiger partial charge in [-0.1, -0.05) is 67.9 Å². The molecule has 1 unspecified atom stereocenters. The summed E-state index contributed by atoms with van der Waals surface area (Å²) in [5.74, 6) is 1.08. The topological polar surface area (TPSA) is 71.3 Å². The van der Waals surface area contributed by atoms with E-state index >= 15 is 0 Å². The number of aromatic nitrogens is 2. The number of hydrogen-bond donors (Lipinski definition) is 1. The number of piperidine rings is 1. The summed E-state index contributed by atoms with van der Waals surface area (Å²) in [5, 5.41) is 7.74. The fraction of sp³-hybridized carbons (Fsp3) is 0.400. The van der Waals surface area contributed by atoms with Gasteiger partial charge < -0.3 is 9.84 Å². The van der Waals surface area contributed by atoms with Crippen molar-refractivity contribution in [2.75, 3.05) is 18.4 Å². The quantitative estimate of drug-likeness (QED) is 0.550. The molecule has 3 aromatic rings. The lowest BCUT2D eigenvalue weighted by Gasteiger charge is -2.30. The average molecular weight is 453 g/mol. The van der Waals surface area contributed by atoms with Crippen LogP contribution in [-0.4, -0.2) is 34.0 Å². The van der Waals surface area contributed by atoms with Gasteiger partial charge in [-0.25, -0.2) is 0 Å². The summed E-state index contributed by atoms with van der Waals surface area (Å²) in [7, 11) is 0. The second kappa shape index (κ2) is 9.43. The van der Waals surface area contributed by atoms with E-state index in [-0.39, 0.29) is 17.2 Å². The van der Waals surface area contributed by atoms with Gasteiger partial charge in [0.25, 0.3) is 0 Å². The molecule has 1 fully saturated rings. The molecule has 2 aromatic carbocycles. The number of likely N-dealkylation sites (tertiary alicyclic amines) is 1. The van der Waals surface area contributed by atoms with Gasteiger partial charge in [-0.3, -0.25) is 9.69 Å². The van der Waals surface area contributed by atoms with E-state index in [9.17, 15) is 4.79 Å². The maximum Gasteiger partial charge on any atom is 0.241 e. The third kappa shape index (κ3) is 5.56. The fourth-order valence-electron chi connectivity index (χ4n) is 3.97. The molecule has 1 saturated heterocycles. The van der Waals surface area contributed by atoms with E-state index in [4.69, 9.17) is 16.1 Å². The Morgan fingerprint density at radius 1 is 1.22 bits per heavy atom. The first-order chi connectivity index (χ1) is 15.3. The summed E-state index contributed by atoms with van der Waals surface area (Å²) in [4.78, 5) is 19.5. The summed E-state index contributed by atoms with van der Waals surface area (Å²) in [5.41, 5.74) is 3.02. The van der Waals surface area contributed by atoms with Crippen LogP contribution >= 0.6 is 11.6 Å². The van der Waals surface area contributed by atoms with Gasteiger partial charge >= 0.3 is 0 Å². The van der Waals surface area contributed by atoms with E-state index in [2.05, 4.69) is 53.3 Å². The van der Waals surface area contributed by atoms with E-state index in [1.54, 1.807) is 12.1 Å². The minimum absolute atomic E-state index is 0.0159. The highest BCUT2D eigenvalue weighted by molar-refractivity contribution is 6.30. The fourth-order valence-corrected chi connectivity index (χ4v) is 4.16. The Bertz CT molecular complexity index is 1070. The number of benzene rings is 2.